The normalized spacial score (nSPS) is 30.9. The van der Waals surface area contributed by atoms with Gasteiger partial charge < -0.3 is 20.2 Å². The Bertz CT molecular complexity index is 1230. The molecule has 0 spiro atoms. The molecule has 3 fully saturated rings. The third-order valence-corrected chi connectivity index (χ3v) is 10.3. The standard InChI is InChI=1S/C31H39ClN4O3/c1-31-12-11-25-24-9-6-22(32)17-20(24)5-8-26(25)30(31)21(18-27(31)35-38)3-2-4-29(37)34-28-10-7-23(19-33-28)36-13-15-39-16-14-36/h6-7,9-10,17,19,21,25-26,30,38H,2-5,8,11-16,18H2,1H3,(H,33,34,37)/b35-27+/t21-,25?,26?,30?,31-/m1/s1. The molecule has 1 saturated heterocycles. The Morgan fingerprint density at radius 2 is 2.10 bits per heavy atom. The zero-order valence-corrected chi connectivity index (χ0v) is 23.5. The first-order chi connectivity index (χ1) is 19.0. The van der Waals surface area contributed by atoms with Gasteiger partial charge in [-0.25, -0.2) is 4.98 Å². The molecule has 4 aliphatic rings. The highest BCUT2D eigenvalue weighted by Crippen LogP contribution is 2.62. The van der Waals surface area contributed by atoms with E-state index >= 15 is 0 Å². The predicted octanol–water partition coefficient (Wildman–Crippen LogP) is 6.29. The van der Waals surface area contributed by atoms with Crippen molar-refractivity contribution < 1.29 is 14.7 Å². The van der Waals surface area contributed by atoms with Crippen LogP contribution in [0.4, 0.5) is 11.5 Å². The summed E-state index contributed by atoms with van der Waals surface area (Å²) in [5, 5.41) is 17.6. The van der Waals surface area contributed by atoms with E-state index in [9.17, 15) is 10.0 Å². The molecule has 2 saturated carbocycles. The van der Waals surface area contributed by atoms with Crippen LogP contribution in [0.2, 0.25) is 5.02 Å². The number of morpholine rings is 1. The molecule has 39 heavy (non-hydrogen) atoms. The lowest BCUT2D eigenvalue weighted by atomic mass is 9.54. The number of amides is 1. The maximum Gasteiger partial charge on any atom is 0.225 e. The number of fused-ring (bicyclic) bond motifs is 5. The molecule has 6 rings (SSSR count). The highest BCUT2D eigenvalue weighted by atomic mass is 35.5. The first kappa shape index (κ1) is 26.6. The van der Waals surface area contributed by atoms with Crippen molar-refractivity contribution in [3.8, 4) is 0 Å². The average Bonchev–Trinajstić information content (AvgIpc) is 3.25. The number of benzene rings is 1. The first-order valence-corrected chi connectivity index (χ1v) is 14.9. The van der Waals surface area contributed by atoms with Crippen LogP contribution >= 0.6 is 11.6 Å². The zero-order chi connectivity index (χ0) is 27.0. The molecule has 3 aliphatic carbocycles. The van der Waals surface area contributed by atoms with E-state index in [-0.39, 0.29) is 11.3 Å². The lowest BCUT2D eigenvalue weighted by Crippen LogP contribution is -2.44. The monoisotopic (exact) mass is 550 g/mol. The molecular formula is C31H39ClN4O3. The quantitative estimate of drug-likeness (QED) is 0.326. The second-order valence-electron chi connectivity index (χ2n) is 12.1. The molecular weight excluding hydrogens is 512 g/mol. The second-order valence-corrected chi connectivity index (χ2v) is 12.5. The summed E-state index contributed by atoms with van der Waals surface area (Å²) < 4.78 is 5.42. The fraction of sp³-hybridized carbons (Fsp3) is 0.581. The lowest BCUT2D eigenvalue weighted by molar-refractivity contribution is -0.116. The van der Waals surface area contributed by atoms with Crippen molar-refractivity contribution in [2.75, 3.05) is 36.5 Å². The van der Waals surface area contributed by atoms with Crippen molar-refractivity contribution in [2.45, 2.75) is 64.2 Å². The van der Waals surface area contributed by atoms with Crippen molar-refractivity contribution in [2.24, 2.45) is 28.3 Å². The third kappa shape index (κ3) is 5.16. The molecule has 8 heteroatoms. The van der Waals surface area contributed by atoms with Crippen LogP contribution in [0.15, 0.2) is 41.7 Å². The summed E-state index contributed by atoms with van der Waals surface area (Å²) in [6.45, 7) is 5.50. The molecule has 0 bridgehead atoms. The largest absolute Gasteiger partial charge is 0.411 e. The predicted molar refractivity (Wildman–Crippen MR) is 154 cm³/mol. The Labute approximate surface area is 236 Å². The number of hydrogen-bond donors (Lipinski definition) is 2. The van der Waals surface area contributed by atoms with Gasteiger partial charge in [0.25, 0.3) is 0 Å². The number of anilines is 2. The van der Waals surface area contributed by atoms with Crippen LogP contribution in [-0.2, 0) is 16.0 Å². The van der Waals surface area contributed by atoms with Crippen LogP contribution in [0.3, 0.4) is 0 Å². The van der Waals surface area contributed by atoms with Crippen molar-refractivity contribution in [1.82, 2.24) is 4.98 Å². The minimum absolute atomic E-state index is 0.00317. The molecule has 2 aromatic rings. The van der Waals surface area contributed by atoms with Crippen molar-refractivity contribution >= 4 is 34.7 Å². The van der Waals surface area contributed by atoms with E-state index in [2.05, 4.69) is 39.4 Å². The molecule has 7 nitrogen and oxygen atoms in total. The molecule has 0 radical (unpaired) electrons. The van der Waals surface area contributed by atoms with E-state index in [0.29, 0.717) is 35.9 Å². The molecule has 1 aromatic heterocycles. The van der Waals surface area contributed by atoms with Gasteiger partial charge in [-0.1, -0.05) is 29.7 Å². The molecule has 3 unspecified atom stereocenters. The summed E-state index contributed by atoms with van der Waals surface area (Å²) >= 11 is 6.31. The van der Waals surface area contributed by atoms with E-state index in [1.807, 2.05) is 24.4 Å². The minimum Gasteiger partial charge on any atom is -0.411 e. The average molecular weight is 551 g/mol. The lowest BCUT2D eigenvalue weighted by Gasteiger charge is -2.50. The number of pyridine rings is 1. The molecule has 2 N–H and O–H groups in total. The number of nitrogens with zero attached hydrogens (tertiary/aromatic N) is 3. The summed E-state index contributed by atoms with van der Waals surface area (Å²) in [7, 11) is 0. The number of carbonyl (C=O) groups is 1. The number of hydrogen-bond acceptors (Lipinski definition) is 6. The van der Waals surface area contributed by atoms with E-state index in [0.717, 1.165) is 87.7 Å². The second kappa shape index (κ2) is 11.1. The minimum atomic E-state index is -0.0566. The number of aromatic nitrogens is 1. The van der Waals surface area contributed by atoms with Crippen molar-refractivity contribution in [3.63, 3.8) is 0 Å². The smallest absolute Gasteiger partial charge is 0.225 e. The van der Waals surface area contributed by atoms with Gasteiger partial charge in [0.05, 0.1) is 30.8 Å². The van der Waals surface area contributed by atoms with E-state index in [1.54, 1.807) is 0 Å². The Hall–Kier alpha value is -2.64. The van der Waals surface area contributed by atoms with Crippen LogP contribution in [0.5, 0.6) is 0 Å². The van der Waals surface area contributed by atoms with E-state index in [1.165, 1.54) is 11.1 Å². The number of oxime groups is 1. The Morgan fingerprint density at radius 1 is 1.26 bits per heavy atom. The number of ether oxygens (including phenoxy) is 1. The van der Waals surface area contributed by atoms with Gasteiger partial charge in [0.1, 0.15) is 5.82 Å². The Kier molecular flexibility index (Phi) is 7.56. The first-order valence-electron chi connectivity index (χ1n) is 14.5. The van der Waals surface area contributed by atoms with Gasteiger partial charge in [-0.3, -0.25) is 4.79 Å². The molecule has 1 aromatic carbocycles. The third-order valence-electron chi connectivity index (χ3n) is 10.1. The topological polar surface area (TPSA) is 87.1 Å². The van der Waals surface area contributed by atoms with Crippen LogP contribution in [0.25, 0.3) is 0 Å². The molecule has 208 valence electrons. The Morgan fingerprint density at radius 3 is 2.87 bits per heavy atom. The summed E-state index contributed by atoms with van der Waals surface area (Å²) in [5.74, 6) is 2.62. The van der Waals surface area contributed by atoms with Gasteiger partial charge in [0, 0.05) is 29.9 Å². The van der Waals surface area contributed by atoms with Gasteiger partial charge >= 0.3 is 0 Å². The van der Waals surface area contributed by atoms with Crippen molar-refractivity contribution in [3.05, 3.63) is 52.7 Å². The Balaban J connectivity index is 1.08. The van der Waals surface area contributed by atoms with Gasteiger partial charge in [0.2, 0.25) is 5.91 Å². The van der Waals surface area contributed by atoms with Gasteiger partial charge in [0.15, 0.2) is 0 Å². The fourth-order valence-electron chi connectivity index (χ4n) is 8.25. The summed E-state index contributed by atoms with van der Waals surface area (Å²) in [5.41, 5.74) is 4.84. The summed E-state index contributed by atoms with van der Waals surface area (Å²) in [6, 6.07) is 10.3. The van der Waals surface area contributed by atoms with E-state index in [4.69, 9.17) is 16.3 Å². The number of carbonyl (C=O) groups excluding carboxylic acids is 1. The number of rotatable bonds is 6. The van der Waals surface area contributed by atoms with E-state index < -0.39 is 0 Å². The number of aryl methyl sites for hydroxylation is 1. The SMILES string of the molecule is C[C@]12CCC3c4ccc(Cl)cc4CCC3C1[C@H](CCCC(=O)Nc1ccc(N3CCOCC3)cn1)C/C2=N\O. The highest BCUT2D eigenvalue weighted by molar-refractivity contribution is 6.30. The summed E-state index contributed by atoms with van der Waals surface area (Å²) in [4.78, 5) is 19.5. The maximum absolute atomic E-state index is 12.8. The highest BCUT2D eigenvalue weighted by Gasteiger charge is 2.57. The molecule has 1 amide bonds. The fourth-order valence-corrected chi connectivity index (χ4v) is 8.45. The number of halogens is 1. The maximum atomic E-state index is 12.8. The van der Waals surface area contributed by atoms with Crippen LogP contribution in [-0.4, -0.2) is 48.1 Å². The van der Waals surface area contributed by atoms with Crippen LogP contribution < -0.4 is 10.2 Å². The van der Waals surface area contributed by atoms with Gasteiger partial charge in [-0.2, -0.15) is 0 Å². The van der Waals surface area contributed by atoms with Crippen LogP contribution in [0.1, 0.15) is 68.9 Å². The number of nitrogens with one attached hydrogen (secondary N) is 1. The summed E-state index contributed by atoms with van der Waals surface area (Å²) in [6.07, 6.45) is 9.28. The molecule has 2 heterocycles. The van der Waals surface area contributed by atoms with Gasteiger partial charge in [-0.15, -0.1) is 0 Å². The molecule has 1 aliphatic heterocycles. The van der Waals surface area contributed by atoms with Crippen LogP contribution in [0, 0.1) is 23.2 Å². The molecule has 5 atom stereocenters. The zero-order valence-electron chi connectivity index (χ0n) is 22.7. The van der Waals surface area contributed by atoms with Gasteiger partial charge in [-0.05, 0) is 104 Å². The van der Waals surface area contributed by atoms with Crippen molar-refractivity contribution in [1.29, 1.82) is 0 Å².